The number of hydrogen-bond donors (Lipinski definition) is 1. The van der Waals surface area contributed by atoms with Crippen LogP contribution in [-0.2, 0) is 14.7 Å². The second-order valence-corrected chi connectivity index (χ2v) is 5.93. The van der Waals surface area contributed by atoms with Crippen molar-refractivity contribution in [1.29, 1.82) is 0 Å². The minimum Gasteiger partial charge on any atom is -0.252 e. The van der Waals surface area contributed by atoms with E-state index in [1.165, 1.54) is 0 Å². The largest absolute Gasteiger partial charge is 0.252 e. The van der Waals surface area contributed by atoms with Crippen molar-refractivity contribution in [3.05, 3.63) is 0 Å². The van der Waals surface area contributed by atoms with Gasteiger partial charge < -0.3 is 0 Å². The highest BCUT2D eigenvalue weighted by atomic mass is 17.2. The molecule has 0 heterocycles. The van der Waals surface area contributed by atoms with Gasteiger partial charge in [0.05, 0.1) is 5.60 Å². The fraction of sp³-hybridized carbons (Fsp3) is 1.00. The molecule has 0 bridgehead atoms. The summed E-state index contributed by atoms with van der Waals surface area (Å²) in [4.78, 5) is 14.9. The standard InChI is InChI=1S/C12H26O4/c1-10(2)7-8-12(6,9-14-13)16-15-11(3,4)5/h10,13H,7-9H2,1-6H3. The third-order valence-electron chi connectivity index (χ3n) is 2.11. The van der Waals surface area contributed by atoms with Crippen LogP contribution in [0.2, 0.25) is 0 Å². The smallest absolute Gasteiger partial charge is 0.127 e. The molecule has 1 atom stereocenters. The van der Waals surface area contributed by atoms with Crippen LogP contribution >= 0.6 is 0 Å². The molecule has 0 aliphatic rings. The third-order valence-corrected chi connectivity index (χ3v) is 2.11. The van der Waals surface area contributed by atoms with Crippen molar-refractivity contribution in [1.82, 2.24) is 0 Å². The van der Waals surface area contributed by atoms with E-state index in [4.69, 9.17) is 15.0 Å². The minimum absolute atomic E-state index is 0.107. The lowest BCUT2D eigenvalue weighted by atomic mass is 9.96. The van der Waals surface area contributed by atoms with Gasteiger partial charge in [0.2, 0.25) is 0 Å². The Balaban J connectivity index is 4.21. The van der Waals surface area contributed by atoms with Crippen LogP contribution in [0.5, 0.6) is 0 Å². The topological polar surface area (TPSA) is 47.9 Å². The number of hydrogen-bond acceptors (Lipinski definition) is 4. The van der Waals surface area contributed by atoms with E-state index in [-0.39, 0.29) is 12.2 Å². The summed E-state index contributed by atoms with van der Waals surface area (Å²) in [5.41, 5.74) is -0.971. The van der Waals surface area contributed by atoms with Gasteiger partial charge in [-0.25, -0.2) is 14.7 Å². The molecule has 0 saturated carbocycles. The van der Waals surface area contributed by atoms with Gasteiger partial charge >= 0.3 is 0 Å². The molecule has 0 aliphatic carbocycles. The van der Waals surface area contributed by atoms with Crippen molar-refractivity contribution in [2.75, 3.05) is 6.61 Å². The first kappa shape index (κ1) is 15.8. The van der Waals surface area contributed by atoms with Gasteiger partial charge in [0.15, 0.2) is 0 Å². The van der Waals surface area contributed by atoms with Crippen LogP contribution in [0.3, 0.4) is 0 Å². The summed E-state index contributed by atoms with van der Waals surface area (Å²) >= 11 is 0. The zero-order chi connectivity index (χ0) is 12.8. The Bertz CT molecular complexity index is 186. The van der Waals surface area contributed by atoms with Gasteiger partial charge in [-0.1, -0.05) is 13.8 Å². The lowest BCUT2D eigenvalue weighted by Crippen LogP contribution is -2.37. The van der Waals surface area contributed by atoms with Crippen molar-refractivity contribution in [3.8, 4) is 0 Å². The van der Waals surface area contributed by atoms with Gasteiger partial charge in [0.1, 0.15) is 12.2 Å². The maximum absolute atomic E-state index is 8.56. The maximum Gasteiger partial charge on any atom is 0.127 e. The molecular formula is C12H26O4. The molecular weight excluding hydrogens is 208 g/mol. The lowest BCUT2D eigenvalue weighted by Gasteiger charge is -2.31. The summed E-state index contributed by atoms with van der Waals surface area (Å²) < 4.78 is 0. The Kier molecular flexibility index (Phi) is 6.48. The average molecular weight is 234 g/mol. The van der Waals surface area contributed by atoms with Crippen LogP contribution in [0.1, 0.15) is 54.4 Å². The molecule has 0 fully saturated rings. The summed E-state index contributed by atoms with van der Waals surface area (Å²) in [5, 5.41) is 8.56. The predicted molar refractivity (Wildman–Crippen MR) is 63.0 cm³/mol. The summed E-state index contributed by atoms with van der Waals surface area (Å²) in [7, 11) is 0. The van der Waals surface area contributed by atoms with Crippen LogP contribution in [0.25, 0.3) is 0 Å². The highest BCUT2D eigenvalue weighted by Gasteiger charge is 2.30. The molecule has 0 saturated heterocycles. The lowest BCUT2D eigenvalue weighted by molar-refractivity contribution is -0.421. The molecule has 16 heavy (non-hydrogen) atoms. The molecule has 0 aromatic heterocycles. The minimum atomic E-state index is -0.605. The van der Waals surface area contributed by atoms with Crippen molar-refractivity contribution < 1.29 is 19.9 Å². The van der Waals surface area contributed by atoms with E-state index in [0.717, 1.165) is 12.8 Å². The predicted octanol–water partition coefficient (Wildman–Crippen LogP) is 3.42. The van der Waals surface area contributed by atoms with Crippen LogP contribution in [0, 0.1) is 5.92 Å². The van der Waals surface area contributed by atoms with Gasteiger partial charge in [-0.05, 0) is 46.5 Å². The Labute approximate surface area is 98.7 Å². The molecule has 0 radical (unpaired) electrons. The zero-order valence-electron chi connectivity index (χ0n) is 11.4. The fourth-order valence-electron chi connectivity index (χ4n) is 1.09. The molecule has 98 valence electrons. The van der Waals surface area contributed by atoms with Crippen molar-refractivity contribution >= 4 is 0 Å². The zero-order valence-corrected chi connectivity index (χ0v) is 11.4. The molecule has 0 amide bonds. The SMILES string of the molecule is CC(C)CCC(C)(COO)OOC(C)(C)C. The molecule has 4 heteroatoms. The fourth-order valence-corrected chi connectivity index (χ4v) is 1.09. The Morgan fingerprint density at radius 1 is 1.06 bits per heavy atom. The quantitative estimate of drug-likeness (QED) is 0.541. The summed E-state index contributed by atoms with van der Waals surface area (Å²) in [6.45, 7) is 12.0. The molecule has 0 aromatic carbocycles. The Morgan fingerprint density at radius 2 is 1.62 bits per heavy atom. The van der Waals surface area contributed by atoms with E-state index in [0.29, 0.717) is 5.92 Å². The van der Waals surface area contributed by atoms with Gasteiger partial charge in [0.25, 0.3) is 0 Å². The van der Waals surface area contributed by atoms with E-state index in [1.54, 1.807) is 0 Å². The normalized spacial score (nSPS) is 16.5. The molecule has 0 rings (SSSR count). The van der Waals surface area contributed by atoms with Gasteiger partial charge in [-0.15, -0.1) is 0 Å². The monoisotopic (exact) mass is 234 g/mol. The van der Waals surface area contributed by atoms with Crippen LogP contribution in [-0.4, -0.2) is 23.1 Å². The summed E-state index contributed by atoms with van der Waals surface area (Å²) in [5.74, 6) is 0.580. The second-order valence-electron chi connectivity index (χ2n) is 5.93. The van der Waals surface area contributed by atoms with E-state index < -0.39 is 5.60 Å². The number of rotatable bonds is 7. The Hall–Kier alpha value is -0.160. The Morgan fingerprint density at radius 3 is 2.00 bits per heavy atom. The molecule has 0 aliphatic heterocycles. The van der Waals surface area contributed by atoms with Gasteiger partial charge in [-0.3, -0.25) is 5.26 Å². The maximum atomic E-state index is 8.56. The van der Waals surface area contributed by atoms with Crippen molar-refractivity contribution in [2.24, 2.45) is 5.92 Å². The average Bonchev–Trinajstić information content (AvgIpc) is 2.12. The van der Waals surface area contributed by atoms with E-state index >= 15 is 0 Å². The van der Waals surface area contributed by atoms with Crippen LogP contribution in [0.15, 0.2) is 0 Å². The molecule has 1 N–H and O–H groups in total. The first-order valence-electron chi connectivity index (χ1n) is 5.82. The van der Waals surface area contributed by atoms with Gasteiger partial charge in [-0.2, -0.15) is 0 Å². The molecule has 0 aromatic rings. The van der Waals surface area contributed by atoms with Gasteiger partial charge in [0, 0.05) is 0 Å². The van der Waals surface area contributed by atoms with E-state index in [1.807, 2.05) is 27.7 Å². The highest BCUT2D eigenvalue weighted by molar-refractivity contribution is 4.74. The first-order valence-corrected chi connectivity index (χ1v) is 5.82. The highest BCUT2D eigenvalue weighted by Crippen LogP contribution is 2.24. The molecule has 0 spiro atoms. The first-order chi connectivity index (χ1) is 7.18. The van der Waals surface area contributed by atoms with Crippen LogP contribution in [0.4, 0.5) is 0 Å². The second kappa shape index (κ2) is 6.55. The molecule has 1 unspecified atom stereocenters. The third kappa shape index (κ3) is 8.05. The van der Waals surface area contributed by atoms with Crippen LogP contribution < -0.4 is 0 Å². The van der Waals surface area contributed by atoms with E-state index in [2.05, 4.69) is 18.7 Å². The molecule has 4 nitrogen and oxygen atoms in total. The summed E-state index contributed by atoms with van der Waals surface area (Å²) in [6.07, 6.45) is 1.77. The summed E-state index contributed by atoms with van der Waals surface area (Å²) in [6, 6.07) is 0. The van der Waals surface area contributed by atoms with Crippen molar-refractivity contribution in [2.45, 2.75) is 65.6 Å². The van der Waals surface area contributed by atoms with Crippen molar-refractivity contribution in [3.63, 3.8) is 0 Å². The van der Waals surface area contributed by atoms with E-state index in [9.17, 15) is 0 Å².